The van der Waals surface area contributed by atoms with Gasteiger partial charge < -0.3 is 9.88 Å². The van der Waals surface area contributed by atoms with Gasteiger partial charge in [0, 0.05) is 18.8 Å². The predicted octanol–water partition coefficient (Wildman–Crippen LogP) is 3.93. The average Bonchev–Trinajstić information content (AvgIpc) is 3.19. The lowest BCUT2D eigenvalue weighted by molar-refractivity contribution is -0.115. The van der Waals surface area contributed by atoms with Crippen molar-refractivity contribution in [3.63, 3.8) is 0 Å². The summed E-state index contributed by atoms with van der Waals surface area (Å²) in [5.74, 6) is 0.591. The van der Waals surface area contributed by atoms with Gasteiger partial charge in [0.15, 0.2) is 5.16 Å². The number of carbonyl (C=O) groups is 1. The Bertz CT molecular complexity index is 1220. The fourth-order valence-corrected chi connectivity index (χ4v) is 6.23. The SMILES string of the molecule is Cc1nnc(SC(C)C(=O)Nc2ccc(S(=O)(=O)N3CCCCC3)cc2)n1Cc1ccccc1. The summed E-state index contributed by atoms with van der Waals surface area (Å²) in [7, 11) is -3.49. The van der Waals surface area contributed by atoms with Crippen LogP contribution in [0.2, 0.25) is 0 Å². The highest BCUT2D eigenvalue weighted by Gasteiger charge is 2.26. The van der Waals surface area contributed by atoms with Crippen LogP contribution in [0.3, 0.4) is 0 Å². The first-order valence-electron chi connectivity index (χ1n) is 11.4. The van der Waals surface area contributed by atoms with Gasteiger partial charge in [-0.1, -0.05) is 48.5 Å². The number of aryl methyl sites for hydroxylation is 1. The minimum Gasteiger partial charge on any atom is -0.325 e. The Labute approximate surface area is 204 Å². The fourth-order valence-electron chi connectivity index (χ4n) is 3.82. The summed E-state index contributed by atoms with van der Waals surface area (Å²) >= 11 is 1.34. The van der Waals surface area contributed by atoms with Crippen molar-refractivity contribution >= 4 is 33.4 Å². The van der Waals surface area contributed by atoms with E-state index in [9.17, 15) is 13.2 Å². The number of nitrogens with one attached hydrogen (secondary N) is 1. The molecule has 1 aliphatic rings. The second kappa shape index (κ2) is 10.7. The highest BCUT2D eigenvalue weighted by molar-refractivity contribution is 8.00. The van der Waals surface area contributed by atoms with Gasteiger partial charge in [0.2, 0.25) is 15.9 Å². The van der Waals surface area contributed by atoms with Crippen LogP contribution >= 0.6 is 11.8 Å². The highest BCUT2D eigenvalue weighted by Crippen LogP contribution is 2.25. The molecular formula is C24H29N5O3S2. The van der Waals surface area contributed by atoms with Crippen LogP contribution in [0.5, 0.6) is 0 Å². The van der Waals surface area contributed by atoms with Crippen molar-refractivity contribution in [3.8, 4) is 0 Å². The van der Waals surface area contributed by atoms with Gasteiger partial charge in [-0.25, -0.2) is 8.42 Å². The van der Waals surface area contributed by atoms with E-state index in [0.717, 1.165) is 30.7 Å². The molecule has 0 aliphatic carbocycles. The summed E-state index contributed by atoms with van der Waals surface area (Å²) in [5, 5.41) is 11.6. The zero-order valence-corrected chi connectivity index (χ0v) is 21.0. The number of thioether (sulfide) groups is 1. The number of benzene rings is 2. The lowest BCUT2D eigenvalue weighted by Gasteiger charge is -2.25. The summed E-state index contributed by atoms with van der Waals surface area (Å²) in [6, 6.07) is 16.4. The third kappa shape index (κ3) is 5.68. The minimum absolute atomic E-state index is 0.191. The van der Waals surface area contributed by atoms with Crippen molar-refractivity contribution in [2.24, 2.45) is 0 Å². The average molecular weight is 500 g/mol. The van der Waals surface area contributed by atoms with Gasteiger partial charge in [-0.2, -0.15) is 4.31 Å². The van der Waals surface area contributed by atoms with Crippen molar-refractivity contribution < 1.29 is 13.2 Å². The number of sulfonamides is 1. The van der Waals surface area contributed by atoms with Crippen LogP contribution in [0.1, 0.15) is 37.6 Å². The monoisotopic (exact) mass is 499 g/mol. The first kappa shape index (κ1) is 24.4. The zero-order chi connectivity index (χ0) is 24.1. The number of carbonyl (C=O) groups excluding carboxylic acids is 1. The summed E-state index contributed by atoms with van der Waals surface area (Å²) < 4.78 is 29.2. The molecule has 3 aromatic rings. The Kier molecular flexibility index (Phi) is 7.70. The maximum Gasteiger partial charge on any atom is 0.243 e. The third-order valence-corrected chi connectivity index (χ3v) is 8.80. The van der Waals surface area contributed by atoms with Crippen LogP contribution in [-0.4, -0.2) is 51.7 Å². The van der Waals surface area contributed by atoms with Gasteiger partial charge in [0.1, 0.15) is 5.82 Å². The van der Waals surface area contributed by atoms with E-state index in [2.05, 4.69) is 15.5 Å². The standard InChI is InChI=1S/C24H29N5O3S2/c1-18(33-24-27-26-19(2)29(24)17-20-9-5-3-6-10-20)23(30)25-21-11-13-22(14-12-21)34(31,32)28-15-7-4-8-16-28/h3,5-6,9-14,18H,4,7-8,15-17H2,1-2H3,(H,25,30). The number of hydrogen-bond donors (Lipinski definition) is 1. The Balaban J connectivity index is 1.39. The number of rotatable bonds is 8. The van der Waals surface area contributed by atoms with E-state index in [1.54, 1.807) is 24.3 Å². The zero-order valence-electron chi connectivity index (χ0n) is 19.3. The molecule has 0 saturated carbocycles. The molecule has 0 spiro atoms. The van der Waals surface area contributed by atoms with Gasteiger partial charge >= 0.3 is 0 Å². The Morgan fingerprint density at radius 1 is 1.03 bits per heavy atom. The first-order chi connectivity index (χ1) is 16.3. The van der Waals surface area contributed by atoms with Crippen LogP contribution in [-0.2, 0) is 21.4 Å². The van der Waals surface area contributed by atoms with E-state index < -0.39 is 15.3 Å². The van der Waals surface area contributed by atoms with Crippen molar-refractivity contribution in [3.05, 3.63) is 66.0 Å². The molecule has 8 nitrogen and oxygen atoms in total. The molecule has 1 saturated heterocycles. The highest BCUT2D eigenvalue weighted by atomic mass is 32.2. The van der Waals surface area contributed by atoms with E-state index in [4.69, 9.17) is 0 Å². The van der Waals surface area contributed by atoms with Gasteiger partial charge in [-0.3, -0.25) is 4.79 Å². The molecule has 1 aromatic heterocycles. The van der Waals surface area contributed by atoms with Crippen molar-refractivity contribution in [2.75, 3.05) is 18.4 Å². The fraction of sp³-hybridized carbons (Fsp3) is 0.375. The normalized spacial score (nSPS) is 15.7. The molecule has 1 atom stereocenters. The second-order valence-electron chi connectivity index (χ2n) is 8.34. The molecule has 4 rings (SSSR count). The molecule has 0 radical (unpaired) electrons. The smallest absolute Gasteiger partial charge is 0.243 e. The molecule has 34 heavy (non-hydrogen) atoms. The molecule has 2 heterocycles. The van der Waals surface area contributed by atoms with E-state index >= 15 is 0 Å². The first-order valence-corrected chi connectivity index (χ1v) is 13.7. The Morgan fingerprint density at radius 3 is 2.38 bits per heavy atom. The van der Waals surface area contributed by atoms with Crippen molar-refractivity contribution in [1.82, 2.24) is 19.1 Å². The topological polar surface area (TPSA) is 97.2 Å². The molecule has 1 fully saturated rings. The molecule has 1 aliphatic heterocycles. The van der Waals surface area contributed by atoms with E-state index in [0.29, 0.717) is 30.5 Å². The molecular weight excluding hydrogens is 470 g/mol. The lowest BCUT2D eigenvalue weighted by Crippen LogP contribution is -2.35. The molecule has 180 valence electrons. The van der Waals surface area contributed by atoms with E-state index in [-0.39, 0.29) is 10.8 Å². The Hall–Kier alpha value is -2.69. The van der Waals surface area contributed by atoms with E-state index in [1.165, 1.54) is 16.1 Å². The molecule has 0 bridgehead atoms. The number of amides is 1. The number of anilines is 1. The van der Waals surface area contributed by atoms with Gasteiger partial charge in [-0.05, 0) is 56.5 Å². The molecule has 1 unspecified atom stereocenters. The van der Waals surface area contributed by atoms with Crippen molar-refractivity contribution in [2.45, 2.75) is 55.0 Å². The number of nitrogens with zero attached hydrogens (tertiary/aromatic N) is 4. The van der Waals surface area contributed by atoms with Crippen LogP contribution in [0.4, 0.5) is 5.69 Å². The molecule has 1 N–H and O–H groups in total. The Morgan fingerprint density at radius 2 is 1.71 bits per heavy atom. The number of aromatic nitrogens is 3. The maximum absolute atomic E-state index is 12.8. The summed E-state index contributed by atoms with van der Waals surface area (Å²) in [6.45, 7) is 5.45. The lowest BCUT2D eigenvalue weighted by atomic mass is 10.2. The van der Waals surface area contributed by atoms with Crippen molar-refractivity contribution in [1.29, 1.82) is 0 Å². The summed E-state index contributed by atoms with van der Waals surface area (Å²) in [6.07, 6.45) is 2.85. The van der Waals surface area contributed by atoms with Crippen LogP contribution in [0.15, 0.2) is 64.6 Å². The predicted molar refractivity (Wildman–Crippen MR) is 133 cm³/mol. The number of piperidine rings is 1. The van der Waals surface area contributed by atoms with E-state index in [1.807, 2.05) is 48.7 Å². The molecule has 1 amide bonds. The number of hydrogen-bond acceptors (Lipinski definition) is 6. The second-order valence-corrected chi connectivity index (χ2v) is 11.6. The van der Waals surface area contributed by atoms with Gasteiger partial charge in [-0.15, -0.1) is 10.2 Å². The molecule has 10 heteroatoms. The third-order valence-electron chi connectivity index (χ3n) is 5.81. The summed E-state index contributed by atoms with van der Waals surface area (Å²) in [4.78, 5) is 13.1. The van der Waals surface area contributed by atoms with Crippen LogP contribution in [0, 0.1) is 6.92 Å². The summed E-state index contributed by atoms with van der Waals surface area (Å²) in [5.41, 5.74) is 1.68. The largest absolute Gasteiger partial charge is 0.325 e. The van der Waals surface area contributed by atoms with Crippen LogP contribution < -0.4 is 5.32 Å². The van der Waals surface area contributed by atoms with Crippen LogP contribution in [0.25, 0.3) is 0 Å². The minimum atomic E-state index is -3.49. The maximum atomic E-state index is 12.8. The van der Waals surface area contributed by atoms with Gasteiger partial charge in [0.05, 0.1) is 16.7 Å². The molecule has 2 aromatic carbocycles. The van der Waals surface area contributed by atoms with Gasteiger partial charge in [0.25, 0.3) is 0 Å². The quantitative estimate of drug-likeness (QED) is 0.472.